The molecule has 144 valence electrons. The first kappa shape index (κ1) is 19.3. The van der Waals surface area contributed by atoms with Crippen LogP contribution in [0.2, 0.25) is 0 Å². The largest absolute Gasteiger partial charge is 0.492 e. The van der Waals surface area contributed by atoms with Gasteiger partial charge in [0.25, 0.3) is 5.91 Å². The SMILES string of the molecule is O=C(NCCOc1ccc(S(=O)(=O)N2CCOCC2)cc1)c1cccnc1. The van der Waals surface area contributed by atoms with E-state index in [0.717, 1.165) is 0 Å². The summed E-state index contributed by atoms with van der Waals surface area (Å²) < 4.78 is 37.2. The molecule has 0 saturated carbocycles. The van der Waals surface area contributed by atoms with Crippen molar-refractivity contribution in [2.24, 2.45) is 0 Å². The molecule has 1 aromatic heterocycles. The lowest BCUT2D eigenvalue weighted by Gasteiger charge is -2.26. The molecular formula is C18H21N3O5S. The quantitative estimate of drug-likeness (QED) is 0.705. The number of carbonyl (C=O) groups is 1. The number of benzene rings is 1. The Kier molecular flexibility index (Phi) is 6.38. The molecule has 0 unspecified atom stereocenters. The summed E-state index contributed by atoms with van der Waals surface area (Å²) in [6.07, 6.45) is 3.09. The third-order valence-corrected chi connectivity index (χ3v) is 5.92. The lowest BCUT2D eigenvalue weighted by molar-refractivity contribution is 0.0730. The summed E-state index contributed by atoms with van der Waals surface area (Å²) in [5, 5.41) is 2.73. The monoisotopic (exact) mass is 391 g/mol. The Morgan fingerprint density at radius 2 is 1.93 bits per heavy atom. The minimum absolute atomic E-state index is 0.223. The van der Waals surface area contributed by atoms with Gasteiger partial charge in [0, 0.05) is 25.5 Å². The summed E-state index contributed by atoms with van der Waals surface area (Å²) in [5.41, 5.74) is 0.482. The van der Waals surface area contributed by atoms with Gasteiger partial charge in [-0.05, 0) is 36.4 Å². The molecule has 1 aliphatic heterocycles. The maximum atomic E-state index is 12.5. The Labute approximate surface area is 158 Å². The molecule has 3 rings (SSSR count). The molecule has 1 amide bonds. The average Bonchev–Trinajstić information content (AvgIpc) is 2.72. The Balaban J connectivity index is 1.48. The summed E-state index contributed by atoms with van der Waals surface area (Å²) in [6, 6.07) is 9.63. The predicted molar refractivity (Wildman–Crippen MR) is 98.1 cm³/mol. The third-order valence-electron chi connectivity index (χ3n) is 4.01. The Morgan fingerprint density at radius 1 is 1.19 bits per heavy atom. The minimum Gasteiger partial charge on any atom is -0.492 e. The zero-order chi connectivity index (χ0) is 19.1. The molecule has 0 aliphatic carbocycles. The highest BCUT2D eigenvalue weighted by Gasteiger charge is 2.26. The smallest absolute Gasteiger partial charge is 0.252 e. The molecule has 0 radical (unpaired) electrons. The normalized spacial score (nSPS) is 15.3. The van der Waals surface area contributed by atoms with Crippen molar-refractivity contribution in [3.8, 4) is 5.75 Å². The van der Waals surface area contributed by atoms with Gasteiger partial charge in [0.1, 0.15) is 12.4 Å². The molecule has 8 nitrogen and oxygen atoms in total. The molecule has 9 heteroatoms. The van der Waals surface area contributed by atoms with Crippen molar-refractivity contribution < 1.29 is 22.7 Å². The number of hydrogen-bond donors (Lipinski definition) is 1. The van der Waals surface area contributed by atoms with Crippen molar-refractivity contribution in [1.82, 2.24) is 14.6 Å². The zero-order valence-corrected chi connectivity index (χ0v) is 15.5. The van der Waals surface area contributed by atoms with Gasteiger partial charge in [0.05, 0.1) is 30.2 Å². The van der Waals surface area contributed by atoms with Crippen molar-refractivity contribution >= 4 is 15.9 Å². The van der Waals surface area contributed by atoms with Crippen molar-refractivity contribution in [3.05, 3.63) is 54.4 Å². The van der Waals surface area contributed by atoms with E-state index in [-0.39, 0.29) is 17.4 Å². The van der Waals surface area contributed by atoms with Gasteiger partial charge in [0.15, 0.2) is 0 Å². The lowest BCUT2D eigenvalue weighted by Crippen LogP contribution is -2.40. The highest BCUT2D eigenvalue weighted by Crippen LogP contribution is 2.20. The molecule has 0 atom stereocenters. The summed E-state index contributed by atoms with van der Waals surface area (Å²) in [5.74, 6) is 0.310. The molecule has 2 aromatic rings. The number of morpholine rings is 1. The van der Waals surface area contributed by atoms with E-state index in [1.807, 2.05) is 0 Å². The molecule has 0 spiro atoms. The van der Waals surface area contributed by atoms with E-state index in [1.54, 1.807) is 30.5 Å². The fourth-order valence-corrected chi connectivity index (χ4v) is 3.98. The van der Waals surface area contributed by atoms with Gasteiger partial charge in [-0.15, -0.1) is 0 Å². The van der Waals surface area contributed by atoms with E-state index in [2.05, 4.69) is 10.3 Å². The van der Waals surface area contributed by atoms with Crippen LogP contribution < -0.4 is 10.1 Å². The Hall–Kier alpha value is -2.49. The summed E-state index contributed by atoms with van der Waals surface area (Å²) >= 11 is 0. The lowest BCUT2D eigenvalue weighted by atomic mass is 10.3. The van der Waals surface area contributed by atoms with Crippen LogP contribution in [0.3, 0.4) is 0 Å². The van der Waals surface area contributed by atoms with Gasteiger partial charge >= 0.3 is 0 Å². The summed E-state index contributed by atoms with van der Waals surface area (Å²) in [6.45, 7) is 2.12. The molecule has 1 aliphatic rings. The summed E-state index contributed by atoms with van der Waals surface area (Å²) in [7, 11) is -3.51. The number of pyridine rings is 1. The molecule has 1 N–H and O–H groups in total. The number of aromatic nitrogens is 1. The molecular weight excluding hydrogens is 370 g/mol. The van der Waals surface area contributed by atoms with Crippen molar-refractivity contribution in [3.63, 3.8) is 0 Å². The molecule has 27 heavy (non-hydrogen) atoms. The first-order valence-corrected chi connectivity index (χ1v) is 10.0. The van der Waals surface area contributed by atoms with Crippen LogP contribution in [0.5, 0.6) is 5.75 Å². The van der Waals surface area contributed by atoms with E-state index in [1.165, 1.54) is 22.6 Å². The van der Waals surface area contributed by atoms with Crippen LogP contribution in [-0.4, -0.2) is 63.1 Å². The van der Waals surface area contributed by atoms with Crippen LogP contribution in [0.25, 0.3) is 0 Å². The predicted octanol–water partition coefficient (Wildman–Crippen LogP) is 0.911. The number of amides is 1. The van der Waals surface area contributed by atoms with Gasteiger partial charge in [-0.1, -0.05) is 0 Å². The highest BCUT2D eigenvalue weighted by atomic mass is 32.2. The second-order valence-electron chi connectivity index (χ2n) is 5.83. The first-order chi connectivity index (χ1) is 13.1. The Morgan fingerprint density at radius 3 is 2.59 bits per heavy atom. The molecule has 0 bridgehead atoms. The van der Waals surface area contributed by atoms with Gasteiger partial charge in [-0.2, -0.15) is 4.31 Å². The third kappa shape index (κ3) is 5.03. The molecule has 1 saturated heterocycles. The van der Waals surface area contributed by atoms with E-state index < -0.39 is 10.0 Å². The number of rotatable bonds is 7. The number of carbonyl (C=O) groups excluding carboxylic acids is 1. The number of ether oxygens (including phenoxy) is 2. The minimum atomic E-state index is -3.51. The average molecular weight is 391 g/mol. The van der Waals surface area contributed by atoms with Crippen LogP contribution >= 0.6 is 0 Å². The molecule has 1 aromatic carbocycles. The van der Waals surface area contributed by atoms with Gasteiger partial charge in [-0.25, -0.2) is 8.42 Å². The van der Waals surface area contributed by atoms with Gasteiger partial charge < -0.3 is 14.8 Å². The molecule has 1 fully saturated rings. The van der Waals surface area contributed by atoms with Crippen LogP contribution in [0, 0.1) is 0 Å². The fraction of sp³-hybridized carbons (Fsp3) is 0.333. The highest BCUT2D eigenvalue weighted by molar-refractivity contribution is 7.89. The topological polar surface area (TPSA) is 97.8 Å². The number of sulfonamides is 1. The maximum Gasteiger partial charge on any atom is 0.252 e. The van der Waals surface area contributed by atoms with Crippen molar-refractivity contribution in [1.29, 1.82) is 0 Å². The standard InChI is InChI=1S/C18H21N3O5S/c22-18(15-2-1-7-19-14-15)20-8-11-26-16-3-5-17(6-4-16)27(23,24)21-9-12-25-13-10-21/h1-7,14H,8-13H2,(H,20,22). The second kappa shape index (κ2) is 8.94. The zero-order valence-electron chi connectivity index (χ0n) is 14.7. The van der Waals surface area contributed by atoms with E-state index in [9.17, 15) is 13.2 Å². The number of hydrogen-bond acceptors (Lipinski definition) is 6. The molecule has 2 heterocycles. The van der Waals surface area contributed by atoms with Crippen molar-refractivity contribution in [2.45, 2.75) is 4.90 Å². The van der Waals surface area contributed by atoms with Gasteiger partial charge in [0.2, 0.25) is 10.0 Å². The van der Waals surface area contributed by atoms with E-state index >= 15 is 0 Å². The first-order valence-electron chi connectivity index (χ1n) is 8.56. The van der Waals surface area contributed by atoms with E-state index in [4.69, 9.17) is 9.47 Å². The second-order valence-corrected chi connectivity index (χ2v) is 7.77. The van der Waals surface area contributed by atoms with E-state index in [0.29, 0.717) is 44.2 Å². The maximum absolute atomic E-state index is 12.5. The van der Waals surface area contributed by atoms with Crippen LogP contribution in [0.1, 0.15) is 10.4 Å². The van der Waals surface area contributed by atoms with Gasteiger partial charge in [-0.3, -0.25) is 9.78 Å². The summed E-state index contributed by atoms with van der Waals surface area (Å²) in [4.78, 5) is 16.0. The number of nitrogens with one attached hydrogen (secondary N) is 1. The number of nitrogens with zero attached hydrogens (tertiary/aromatic N) is 2. The van der Waals surface area contributed by atoms with Crippen LogP contribution in [-0.2, 0) is 14.8 Å². The van der Waals surface area contributed by atoms with Crippen LogP contribution in [0.15, 0.2) is 53.7 Å². The fourth-order valence-electron chi connectivity index (χ4n) is 2.58. The van der Waals surface area contributed by atoms with Crippen LogP contribution in [0.4, 0.5) is 0 Å². The Bertz CT molecular complexity index is 850. The van der Waals surface area contributed by atoms with Crippen molar-refractivity contribution in [2.75, 3.05) is 39.5 Å².